The maximum atomic E-state index is 11.9. The molecule has 1 fully saturated rings. The first-order chi connectivity index (χ1) is 10.6. The van der Waals surface area contributed by atoms with Gasteiger partial charge in [-0.2, -0.15) is 0 Å². The minimum atomic E-state index is -0.168. The predicted octanol–water partition coefficient (Wildman–Crippen LogP) is 0.980. The van der Waals surface area contributed by atoms with E-state index in [-0.39, 0.29) is 18.4 Å². The molecule has 0 bridgehead atoms. The SMILES string of the molecule is CC(=O)NCC(=O)N1CCN(C/C=C/c2ccccc2)CC1. The van der Waals surface area contributed by atoms with Crippen molar-refractivity contribution >= 4 is 17.9 Å². The number of piperazine rings is 1. The lowest BCUT2D eigenvalue weighted by Crippen LogP contribution is -2.51. The Kier molecular flexibility index (Phi) is 6.15. The quantitative estimate of drug-likeness (QED) is 0.882. The van der Waals surface area contributed by atoms with Crippen LogP contribution in [-0.2, 0) is 9.59 Å². The monoisotopic (exact) mass is 301 g/mol. The Hall–Kier alpha value is -2.14. The normalized spacial score (nSPS) is 16.0. The fourth-order valence-corrected chi connectivity index (χ4v) is 2.39. The molecule has 5 heteroatoms. The summed E-state index contributed by atoms with van der Waals surface area (Å²) in [7, 11) is 0. The second-order valence-electron chi connectivity index (χ2n) is 5.40. The van der Waals surface area contributed by atoms with Gasteiger partial charge in [-0.05, 0) is 5.56 Å². The van der Waals surface area contributed by atoms with Crippen LogP contribution in [-0.4, -0.2) is 60.9 Å². The maximum absolute atomic E-state index is 11.9. The zero-order valence-electron chi connectivity index (χ0n) is 13.0. The number of hydrogen-bond acceptors (Lipinski definition) is 3. The summed E-state index contributed by atoms with van der Waals surface area (Å²) in [6.07, 6.45) is 4.28. The Labute approximate surface area is 131 Å². The molecule has 1 N–H and O–H groups in total. The minimum Gasteiger partial charge on any atom is -0.347 e. The van der Waals surface area contributed by atoms with Crippen molar-refractivity contribution in [3.63, 3.8) is 0 Å². The molecule has 1 aliphatic rings. The Morgan fingerprint density at radius 3 is 2.45 bits per heavy atom. The topological polar surface area (TPSA) is 52.7 Å². The zero-order valence-corrected chi connectivity index (χ0v) is 13.0. The van der Waals surface area contributed by atoms with Crippen LogP contribution in [0.2, 0.25) is 0 Å². The van der Waals surface area contributed by atoms with Crippen LogP contribution in [0.15, 0.2) is 36.4 Å². The van der Waals surface area contributed by atoms with Crippen molar-refractivity contribution in [2.75, 3.05) is 39.3 Å². The zero-order chi connectivity index (χ0) is 15.8. The Morgan fingerprint density at radius 1 is 1.14 bits per heavy atom. The molecular weight excluding hydrogens is 278 g/mol. The summed E-state index contributed by atoms with van der Waals surface area (Å²) in [6, 6.07) is 10.2. The van der Waals surface area contributed by atoms with E-state index in [1.807, 2.05) is 23.1 Å². The van der Waals surface area contributed by atoms with Gasteiger partial charge in [0.05, 0.1) is 6.54 Å². The molecule has 0 aromatic heterocycles. The molecule has 0 radical (unpaired) electrons. The van der Waals surface area contributed by atoms with Gasteiger partial charge in [0.1, 0.15) is 0 Å². The van der Waals surface area contributed by atoms with Gasteiger partial charge in [0.15, 0.2) is 0 Å². The van der Waals surface area contributed by atoms with Crippen LogP contribution in [0.1, 0.15) is 12.5 Å². The molecule has 22 heavy (non-hydrogen) atoms. The first-order valence-electron chi connectivity index (χ1n) is 7.61. The van der Waals surface area contributed by atoms with Crippen LogP contribution in [0.3, 0.4) is 0 Å². The summed E-state index contributed by atoms with van der Waals surface area (Å²) >= 11 is 0. The number of benzene rings is 1. The summed E-state index contributed by atoms with van der Waals surface area (Å²) < 4.78 is 0. The fourth-order valence-electron chi connectivity index (χ4n) is 2.39. The van der Waals surface area contributed by atoms with Crippen molar-refractivity contribution in [2.45, 2.75) is 6.92 Å². The van der Waals surface area contributed by atoms with E-state index < -0.39 is 0 Å². The molecule has 2 amide bonds. The van der Waals surface area contributed by atoms with E-state index in [0.29, 0.717) is 0 Å². The van der Waals surface area contributed by atoms with Crippen LogP contribution < -0.4 is 5.32 Å². The van der Waals surface area contributed by atoms with Gasteiger partial charge in [-0.15, -0.1) is 0 Å². The van der Waals surface area contributed by atoms with Crippen molar-refractivity contribution in [3.05, 3.63) is 42.0 Å². The van der Waals surface area contributed by atoms with Crippen molar-refractivity contribution in [1.82, 2.24) is 15.1 Å². The lowest BCUT2D eigenvalue weighted by molar-refractivity contribution is -0.133. The van der Waals surface area contributed by atoms with Gasteiger partial charge in [0, 0.05) is 39.6 Å². The molecule has 1 aromatic carbocycles. The molecule has 0 saturated carbocycles. The lowest BCUT2D eigenvalue weighted by Gasteiger charge is -2.34. The van der Waals surface area contributed by atoms with Crippen LogP contribution >= 0.6 is 0 Å². The molecule has 1 aliphatic heterocycles. The number of nitrogens with zero attached hydrogens (tertiary/aromatic N) is 2. The first-order valence-corrected chi connectivity index (χ1v) is 7.61. The number of amides is 2. The first kappa shape index (κ1) is 16.2. The average Bonchev–Trinajstić information content (AvgIpc) is 2.54. The van der Waals surface area contributed by atoms with Crippen molar-refractivity contribution in [2.24, 2.45) is 0 Å². The van der Waals surface area contributed by atoms with Crippen molar-refractivity contribution in [1.29, 1.82) is 0 Å². The molecule has 118 valence electrons. The second-order valence-corrected chi connectivity index (χ2v) is 5.40. The highest BCUT2D eigenvalue weighted by molar-refractivity contribution is 5.83. The smallest absolute Gasteiger partial charge is 0.242 e. The molecular formula is C17H23N3O2. The van der Waals surface area contributed by atoms with E-state index in [9.17, 15) is 9.59 Å². The summed E-state index contributed by atoms with van der Waals surface area (Å²) in [5.41, 5.74) is 1.20. The standard InChI is InChI=1S/C17H23N3O2/c1-15(21)18-14-17(22)20-12-10-19(11-13-20)9-5-8-16-6-3-2-4-7-16/h2-8H,9-14H2,1H3,(H,18,21)/b8-5+. The Balaban J connectivity index is 1.70. The average molecular weight is 301 g/mol. The van der Waals surface area contributed by atoms with E-state index in [1.54, 1.807) is 0 Å². The number of rotatable bonds is 5. The van der Waals surface area contributed by atoms with Gasteiger partial charge in [0.25, 0.3) is 0 Å². The molecule has 1 heterocycles. The van der Waals surface area contributed by atoms with Crippen LogP contribution in [0.5, 0.6) is 0 Å². The third kappa shape index (κ3) is 5.33. The summed E-state index contributed by atoms with van der Waals surface area (Å²) in [5.74, 6) is -0.173. The number of nitrogens with one attached hydrogen (secondary N) is 1. The van der Waals surface area contributed by atoms with Gasteiger partial charge < -0.3 is 10.2 Å². The fraction of sp³-hybridized carbons (Fsp3) is 0.412. The second kappa shape index (κ2) is 8.34. The number of carbonyl (C=O) groups is 2. The predicted molar refractivity (Wildman–Crippen MR) is 87.2 cm³/mol. The van der Waals surface area contributed by atoms with Gasteiger partial charge in [-0.25, -0.2) is 0 Å². The highest BCUT2D eigenvalue weighted by atomic mass is 16.2. The van der Waals surface area contributed by atoms with E-state index in [2.05, 4.69) is 34.5 Å². The summed E-state index contributed by atoms with van der Waals surface area (Å²) in [6.45, 7) is 5.58. The van der Waals surface area contributed by atoms with E-state index in [1.165, 1.54) is 12.5 Å². The van der Waals surface area contributed by atoms with E-state index in [0.717, 1.165) is 32.7 Å². The third-order valence-electron chi connectivity index (χ3n) is 3.69. The van der Waals surface area contributed by atoms with Gasteiger partial charge >= 0.3 is 0 Å². The Morgan fingerprint density at radius 2 is 1.82 bits per heavy atom. The molecule has 1 aromatic rings. The molecule has 1 saturated heterocycles. The van der Waals surface area contributed by atoms with Crippen molar-refractivity contribution in [3.8, 4) is 0 Å². The highest BCUT2D eigenvalue weighted by Gasteiger charge is 2.20. The summed E-state index contributed by atoms with van der Waals surface area (Å²) in [4.78, 5) is 26.8. The maximum Gasteiger partial charge on any atom is 0.242 e. The molecule has 0 atom stereocenters. The molecule has 0 spiro atoms. The third-order valence-corrected chi connectivity index (χ3v) is 3.69. The highest BCUT2D eigenvalue weighted by Crippen LogP contribution is 2.04. The largest absolute Gasteiger partial charge is 0.347 e. The van der Waals surface area contributed by atoms with Crippen molar-refractivity contribution < 1.29 is 9.59 Å². The Bertz CT molecular complexity index is 520. The number of hydrogen-bond donors (Lipinski definition) is 1. The van der Waals surface area contributed by atoms with Gasteiger partial charge in [-0.3, -0.25) is 14.5 Å². The van der Waals surface area contributed by atoms with Gasteiger partial charge in [0.2, 0.25) is 11.8 Å². The molecule has 2 rings (SSSR count). The number of carbonyl (C=O) groups excluding carboxylic acids is 2. The lowest BCUT2D eigenvalue weighted by atomic mass is 10.2. The van der Waals surface area contributed by atoms with E-state index in [4.69, 9.17) is 0 Å². The summed E-state index contributed by atoms with van der Waals surface area (Å²) in [5, 5.41) is 2.55. The molecule has 5 nitrogen and oxygen atoms in total. The minimum absolute atomic E-state index is 0.00493. The molecule has 0 unspecified atom stereocenters. The van der Waals surface area contributed by atoms with Crippen LogP contribution in [0.25, 0.3) is 6.08 Å². The molecule has 0 aliphatic carbocycles. The van der Waals surface area contributed by atoms with E-state index >= 15 is 0 Å². The van der Waals surface area contributed by atoms with Crippen LogP contribution in [0.4, 0.5) is 0 Å². The van der Waals surface area contributed by atoms with Crippen LogP contribution in [0, 0.1) is 0 Å². The van der Waals surface area contributed by atoms with Gasteiger partial charge in [-0.1, -0.05) is 42.5 Å².